The number of aliphatic hydroxyl groups is 1. The van der Waals surface area contributed by atoms with Gasteiger partial charge in [-0.05, 0) is 31.7 Å². The summed E-state index contributed by atoms with van der Waals surface area (Å²) in [6.07, 6.45) is 4.69. The lowest BCUT2D eigenvalue weighted by Gasteiger charge is -2.23. The molecule has 5 heteroatoms. The number of aromatic nitrogens is 2. The van der Waals surface area contributed by atoms with E-state index in [4.69, 9.17) is 0 Å². The summed E-state index contributed by atoms with van der Waals surface area (Å²) in [6.45, 7) is 5.99. The van der Waals surface area contributed by atoms with Gasteiger partial charge in [0.1, 0.15) is 5.60 Å². The first-order chi connectivity index (χ1) is 11.3. The molecule has 2 atom stereocenters. The Hall–Kier alpha value is -2.14. The van der Waals surface area contributed by atoms with Crippen LogP contribution in [0.2, 0.25) is 0 Å². The summed E-state index contributed by atoms with van der Waals surface area (Å²) in [5.74, 6) is 0.139. The van der Waals surface area contributed by atoms with Crippen LogP contribution in [0.25, 0.3) is 0 Å². The Morgan fingerprint density at radius 1 is 1.38 bits per heavy atom. The second-order valence-corrected chi connectivity index (χ2v) is 6.67. The molecule has 0 aliphatic rings. The third kappa shape index (κ3) is 4.68. The van der Waals surface area contributed by atoms with E-state index >= 15 is 0 Å². The Kier molecular flexibility index (Phi) is 5.78. The summed E-state index contributed by atoms with van der Waals surface area (Å²) in [6, 6.07) is 8.32. The first kappa shape index (κ1) is 18.2. The fraction of sp³-hybridized carbons (Fsp3) is 0.474. The molecule has 2 rings (SSSR count). The number of benzene rings is 1. The summed E-state index contributed by atoms with van der Waals surface area (Å²) in [5.41, 5.74) is 1.95. The molecule has 5 nitrogen and oxygen atoms in total. The minimum atomic E-state index is -1.13. The number of nitrogens with one attached hydrogen (secondary N) is 1. The maximum absolute atomic E-state index is 12.3. The number of nitrogens with zero attached hydrogens (tertiary/aromatic N) is 2. The van der Waals surface area contributed by atoms with Crippen molar-refractivity contribution >= 4 is 5.91 Å². The van der Waals surface area contributed by atoms with E-state index in [9.17, 15) is 9.90 Å². The van der Waals surface area contributed by atoms with E-state index in [0.717, 1.165) is 6.42 Å². The molecule has 2 N–H and O–H groups in total. The first-order valence-corrected chi connectivity index (χ1v) is 8.36. The van der Waals surface area contributed by atoms with Gasteiger partial charge in [-0.25, -0.2) is 0 Å². The number of aryl methyl sites for hydroxylation is 2. The number of hydrogen-bond donors (Lipinski definition) is 2. The van der Waals surface area contributed by atoms with Crippen molar-refractivity contribution in [1.82, 2.24) is 15.1 Å². The molecule has 1 aromatic carbocycles. The normalized spacial score (nSPS) is 14.9. The predicted molar refractivity (Wildman–Crippen MR) is 94.6 cm³/mol. The molecule has 2 aromatic rings. The highest BCUT2D eigenvalue weighted by molar-refractivity contribution is 5.77. The lowest BCUT2D eigenvalue weighted by Crippen LogP contribution is -2.38. The molecule has 1 aromatic heterocycles. The minimum Gasteiger partial charge on any atom is -0.383 e. The Morgan fingerprint density at radius 3 is 2.58 bits per heavy atom. The molecule has 2 unspecified atom stereocenters. The van der Waals surface area contributed by atoms with Crippen molar-refractivity contribution in [2.24, 2.45) is 7.05 Å². The molecule has 0 bridgehead atoms. The quantitative estimate of drug-likeness (QED) is 0.820. The van der Waals surface area contributed by atoms with E-state index in [-0.39, 0.29) is 18.4 Å². The Labute approximate surface area is 143 Å². The van der Waals surface area contributed by atoms with Crippen molar-refractivity contribution in [3.05, 3.63) is 53.3 Å². The van der Waals surface area contributed by atoms with Crippen LogP contribution in [0.4, 0.5) is 0 Å². The Morgan fingerprint density at radius 2 is 2.04 bits per heavy atom. The fourth-order valence-electron chi connectivity index (χ4n) is 2.70. The van der Waals surface area contributed by atoms with Gasteiger partial charge in [-0.15, -0.1) is 0 Å². The molecule has 24 heavy (non-hydrogen) atoms. The SMILES string of the molecule is CCC(CC(=O)NCC(C)(O)c1cnn(C)c1)c1ccc(C)cc1. The smallest absolute Gasteiger partial charge is 0.220 e. The van der Waals surface area contributed by atoms with Crippen LogP contribution >= 0.6 is 0 Å². The zero-order valence-corrected chi connectivity index (χ0v) is 14.9. The first-order valence-electron chi connectivity index (χ1n) is 8.36. The summed E-state index contributed by atoms with van der Waals surface area (Å²) in [5, 5.41) is 17.4. The highest BCUT2D eigenvalue weighted by Crippen LogP contribution is 2.24. The molecule has 0 radical (unpaired) electrons. The van der Waals surface area contributed by atoms with E-state index in [1.54, 1.807) is 31.0 Å². The summed E-state index contributed by atoms with van der Waals surface area (Å²) in [7, 11) is 1.80. The standard InChI is InChI=1S/C19H27N3O2/c1-5-15(16-8-6-14(2)7-9-16)10-18(23)20-13-19(3,24)17-11-21-22(4)12-17/h6-9,11-12,15,24H,5,10,13H2,1-4H3,(H,20,23). The summed E-state index contributed by atoms with van der Waals surface area (Å²) >= 11 is 0. The minimum absolute atomic E-state index is 0.0495. The second kappa shape index (κ2) is 7.62. The van der Waals surface area contributed by atoms with Gasteiger partial charge in [0.05, 0.1) is 12.7 Å². The van der Waals surface area contributed by atoms with Gasteiger partial charge in [-0.1, -0.05) is 36.8 Å². The van der Waals surface area contributed by atoms with E-state index in [2.05, 4.69) is 48.5 Å². The van der Waals surface area contributed by atoms with Crippen molar-refractivity contribution in [3.63, 3.8) is 0 Å². The van der Waals surface area contributed by atoms with E-state index in [0.29, 0.717) is 12.0 Å². The van der Waals surface area contributed by atoms with E-state index in [1.165, 1.54) is 11.1 Å². The van der Waals surface area contributed by atoms with Crippen LogP contribution in [0.1, 0.15) is 49.3 Å². The Balaban J connectivity index is 1.93. The van der Waals surface area contributed by atoms with Crippen LogP contribution in [-0.4, -0.2) is 27.3 Å². The number of carbonyl (C=O) groups is 1. The molecule has 0 fully saturated rings. The van der Waals surface area contributed by atoms with Crippen LogP contribution in [-0.2, 0) is 17.4 Å². The molecule has 130 valence electrons. The van der Waals surface area contributed by atoms with Gasteiger partial charge in [0, 0.05) is 25.2 Å². The van der Waals surface area contributed by atoms with Crippen molar-refractivity contribution in [2.75, 3.05) is 6.54 Å². The Bertz CT molecular complexity index is 674. The van der Waals surface area contributed by atoms with Gasteiger partial charge >= 0.3 is 0 Å². The molecule has 1 heterocycles. The van der Waals surface area contributed by atoms with Gasteiger partial charge in [-0.2, -0.15) is 5.10 Å². The largest absolute Gasteiger partial charge is 0.383 e. The molecule has 0 spiro atoms. The predicted octanol–water partition coefficient (Wildman–Crippen LogP) is 2.64. The second-order valence-electron chi connectivity index (χ2n) is 6.67. The number of hydrogen-bond acceptors (Lipinski definition) is 3. The number of rotatable bonds is 7. The lowest BCUT2D eigenvalue weighted by atomic mass is 9.92. The third-order valence-corrected chi connectivity index (χ3v) is 4.43. The molecule has 0 aliphatic carbocycles. The van der Waals surface area contributed by atoms with Crippen molar-refractivity contribution in [3.8, 4) is 0 Å². The molecule has 0 aliphatic heterocycles. The molecular weight excluding hydrogens is 302 g/mol. The average molecular weight is 329 g/mol. The monoisotopic (exact) mass is 329 g/mol. The van der Waals surface area contributed by atoms with E-state index < -0.39 is 5.60 Å². The van der Waals surface area contributed by atoms with Crippen molar-refractivity contribution in [1.29, 1.82) is 0 Å². The topological polar surface area (TPSA) is 67.2 Å². The summed E-state index contributed by atoms with van der Waals surface area (Å²) < 4.78 is 1.64. The van der Waals surface area contributed by atoms with Crippen LogP contribution in [0.5, 0.6) is 0 Å². The van der Waals surface area contributed by atoms with Gasteiger partial charge in [0.15, 0.2) is 0 Å². The fourth-order valence-corrected chi connectivity index (χ4v) is 2.70. The highest BCUT2D eigenvalue weighted by atomic mass is 16.3. The van der Waals surface area contributed by atoms with Gasteiger partial charge in [-0.3, -0.25) is 9.48 Å². The van der Waals surface area contributed by atoms with Crippen LogP contribution in [0.3, 0.4) is 0 Å². The third-order valence-electron chi connectivity index (χ3n) is 4.43. The van der Waals surface area contributed by atoms with Crippen molar-refractivity contribution < 1.29 is 9.90 Å². The molecule has 0 saturated carbocycles. The van der Waals surface area contributed by atoms with Crippen molar-refractivity contribution in [2.45, 2.75) is 45.1 Å². The van der Waals surface area contributed by atoms with Crippen LogP contribution in [0.15, 0.2) is 36.7 Å². The van der Waals surface area contributed by atoms with Gasteiger partial charge < -0.3 is 10.4 Å². The van der Waals surface area contributed by atoms with Crippen LogP contribution in [0, 0.1) is 6.92 Å². The van der Waals surface area contributed by atoms with Gasteiger partial charge in [0.25, 0.3) is 0 Å². The molecule has 1 amide bonds. The molecule has 0 saturated heterocycles. The number of amides is 1. The average Bonchev–Trinajstić information content (AvgIpc) is 2.99. The molecular formula is C19H27N3O2. The maximum Gasteiger partial charge on any atom is 0.220 e. The van der Waals surface area contributed by atoms with Gasteiger partial charge in [0.2, 0.25) is 5.91 Å². The zero-order chi connectivity index (χ0) is 17.7. The number of carbonyl (C=O) groups excluding carboxylic acids is 1. The summed E-state index contributed by atoms with van der Waals surface area (Å²) in [4.78, 5) is 12.3. The maximum atomic E-state index is 12.3. The highest BCUT2D eigenvalue weighted by Gasteiger charge is 2.26. The zero-order valence-electron chi connectivity index (χ0n) is 14.9. The van der Waals surface area contributed by atoms with Crippen LogP contribution < -0.4 is 5.32 Å². The van der Waals surface area contributed by atoms with E-state index in [1.807, 2.05) is 0 Å². The lowest BCUT2D eigenvalue weighted by molar-refractivity contribution is -0.122.